The van der Waals surface area contributed by atoms with Crippen molar-refractivity contribution >= 4 is 0 Å². The molecule has 0 spiro atoms. The molecule has 2 aromatic rings. The molecule has 1 atom stereocenters. The van der Waals surface area contributed by atoms with Gasteiger partial charge in [-0.25, -0.2) is 4.98 Å². The first-order valence-electron chi connectivity index (χ1n) is 6.77. The Hall–Kier alpha value is -1.82. The molecule has 114 valence electrons. The van der Waals surface area contributed by atoms with Crippen molar-refractivity contribution in [3.05, 3.63) is 53.6 Å². The van der Waals surface area contributed by atoms with Gasteiger partial charge in [0.25, 0.3) is 0 Å². The van der Waals surface area contributed by atoms with Gasteiger partial charge >= 0.3 is 6.18 Å². The molecule has 2 rings (SSSR count). The Morgan fingerprint density at radius 1 is 1.24 bits per heavy atom. The first-order valence-corrected chi connectivity index (χ1v) is 6.77. The van der Waals surface area contributed by atoms with Crippen LogP contribution in [-0.4, -0.2) is 14.7 Å². The predicted octanol–water partition coefficient (Wildman–Crippen LogP) is 3.59. The molecule has 1 N–H and O–H groups in total. The molecule has 1 unspecified atom stereocenters. The highest BCUT2D eigenvalue weighted by atomic mass is 19.4. The number of aromatic nitrogens is 2. The van der Waals surface area contributed by atoms with Crippen molar-refractivity contribution in [2.24, 2.45) is 0 Å². The topological polar surface area (TPSA) is 38.0 Å². The Morgan fingerprint density at radius 2 is 1.90 bits per heavy atom. The van der Waals surface area contributed by atoms with Gasteiger partial charge in [0.2, 0.25) is 0 Å². The molecule has 0 radical (unpaired) electrons. The van der Waals surface area contributed by atoms with E-state index in [-0.39, 0.29) is 6.42 Å². The van der Waals surface area contributed by atoms with Crippen LogP contribution < -0.4 is 0 Å². The van der Waals surface area contributed by atoms with Crippen molar-refractivity contribution in [2.45, 2.75) is 38.6 Å². The van der Waals surface area contributed by atoms with Crippen molar-refractivity contribution in [2.75, 3.05) is 0 Å². The van der Waals surface area contributed by atoms with Gasteiger partial charge in [-0.15, -0.1) is 0 Å². The fourth-order valence-corrected chi connectivity index (χ4v) is 2.16. The highest BCUT2D eigenvalue weighted by Gasteiger charge is 2.30. The summed E-state index contributed by atoms with van der Waals surface area (Å²) in [5.41, 5.74) is -0.264. The number of hydrogen-bond donors (Lipinski definition) is 1. The lowest BCUT2D eigenvalue weighted by Crippen LogP contribution is -2.10. The smallest absolute Gasteiger partial charge is 0.388 e. The van der Waals surface area contributed by atoms with E-state index in [2.05, 4.69) is 4.98 Å². The van der Waals surface area contributed by atoms with Gasteiger partial charge in [-0.1, -0.05) is 19.1 Å². The summed E-state index contributed by atoms with van der Waals surface area (Å²) in [6, 6.07) is 4.58. The molecule has 1 aromatic carbocycles. The second kappa shape index (κ2) is 6.30. The van der Waals surface area contributed by atoms with E-state index in [1.54, 1.807) is 6.20 Å². The number of nitrogens with zero attached hydrogens (tertiary/aromatic N) is 2. The molecule has 3 nitrogen and oxygen atoms in total. The number of imidazole rings is 1. The average Bonchev–Trinajstić information content (AvgIpc) is 2.86. The molecule has 0 saturated carbocycles. The van der Waals surface area contributed by atoms with E-state index in [0.29, 0.717) is 5.56 Å². The second-order valence-corrected chi connectivity index (χ2v) is 4.88. The molecule has 1 aromatic heterocycles. The summed E-state index contributed by atoms with van der Waals surface area (Å²) in [6.07, 6.45) is -0.521. The molecule has 21 heavy (non-hydrogen) atoms. The van der Waals surface area contributed by atoms with E-state index in [1.165, 1.54) is 12.1 Å². The third kappa shape index (κ3) is 3.85. The summed E-state index contributed by atoms with van der Waals surface area (Å²) in [4.78, 5) is 4.18. The number of aryl methyl sites for hydroxylation is 1. The third-order valence-electron chi connectivity index (χ3n) is 3.26. The maximum absolute atomic E-state index is 12.5. The van der Waals surface area contributed by atoms with Gasteiger partial charge in [-0.3, -0.25) is 0 Å². The molecule has 0 saturated heterocycles. The standard InChI is InChI=1S/C15H17F3N2O/c1-2-8-20-9-7-19-14(20)10-13(21)11-3-5-12(6-4-11)15(16,17)18/h3-7,9,13,21H,2,8,10H2,1H3. The first kappa shape index (κ1) is 15.6. The zero-order valence-corrected chi connectivity index (χ0v) is 11.6. The van der Waals surface area contributed by atoms with Gasteiger partial charge in [-0.2, -0.15) is 13.2 Å². The molecule has 0 fully saturated rings. The first-order chi connectivity index (χ1) is 9.91. The van der Waals surface area contributed by atoms with Crippen LogP contribution in [0.3, 0.4) is 0 Å². The van der Waals surface area contributed by atoms with E-state index < -0.39 is 17.8 Å². The number of hydrogen-bond acceptors (Lipinski definition) is 2. The summed E-state index contributed by atoms with van der Waals surface area (Å²) in [6.45, 7) is 2.84. The number of benzene rings is 1. The normalized spacial score (nSPS) is 13.4. The minimum absolute atomic E-state index is 0.276. The molecular formula is C15H17F3N2O. The van der Waals surface area contributed by atoms with Crippen LogP contribution in [0.1, 0.15) is 36.4 Å². The van der Waals surface area contributed by atoms with E-state index >= 15 is 0 Å². The highest BCUT2D eigenvalue weighted by molar-refractivity contribution is 5.26. The van der Waals surface area contributed by atoms with Crippen LogP contribution in [0, 0.1) is 0 Å². The minimum atomic E-state index is -4.36. The van der Waals surface area contributed by atoms with Crippen LogP contribution >= 0.6 is 0 Å². The number of aliphatic hydroxyl groups excluding tert-OH is 1. The van der Waals surface area contributed by atoms with Gasteiger partial charge in [0, 0.05) is 25.4 Å². The zero-order chi connectivity index (χ0) is 15.5. The number of alkyl halides is 3. The van der Waals surface area contributed by atoms with Crippen molar-refractivity contribution in [1.82, 2.24) is 9.55 Å². The van der Waals surface area contributed by atoms with Crippen LogP contribution in [0.5, 0.6) is 0 Å². The maximum Gasteiger partial charge on any atom is 0.416 e. The van der Waals surface area contributed by atoms with Crippen LogP contribution in [0.2, 0.25) is 0 Å². The average molecular weight is 298 g/mol. The number of aliphatic hydroxyl groups is 1. The fraction of sp³-hybridized carbons (Fsp3) is 0.400. The molecule has 0 aliphatic rings. The van der Waals surface area contributed by atoms with Crippen LogP contribution in [0.25, 0.3) is 0 Å². The Labute approximate surface area is 121 Å². The van der Waals surface area contributed by atoms with E-state index in [0.717, 1.165) is 30.9 Å². The molecular weight excluding hydrogens is 281 g/mol. The molecule has 0 aliphatic carbocycles. The molecule has 0 aliphatic heterocycles. The van der Waals surface area contributed by atoms with Gasteiger partial charge in [0.1, 0.15) is 5.82 Å². The predicted molar refractivity (Wildman–Crippen MR) is 72.6 cm³/mol. The Bertz CT molecular complexity index is 575. The molecule has 6 heteroatoms. The third-order valence-corrected chi connectivity index (χ3v) is 3.26. The van der Waals surface area contributed by atoms with Gasteiger partial charge in [-0.05, 0) is 24.1 Å². The quantitative estimate of drug-likeness (QED) is 0.916. The summed E-state index contributed by atoms with van der Waals surface area (Å²) in [7, 11) is 0. The fourth-order valence-electron chi connectivity index (χ4n) is 2.16. The SMILES string of the molecule is CCCn1ccnc1CC(O)c1ccc(C(F)(F)F)cc1. The van der Waals surface area contributed by atoms with Crippen LogP contribution in [-0.2, 0) is 19.1 Å². The Kier molecular flexibility index (Phi) is 4.67. The largest absolute Gasteiger partial charge is 0.416 e. The Balaban J connectivity index is 2.09. The lowest BCUT2D eigenvalue weighted by molar-refractivity contribution is -0.137. The van der Waals surface area contributed by atoms with Gasteiger partial charge in [0.05, 0.1) is 11.7 Å². The molecule has 0 bridgehead atoms. The lowest BCUT2D eigenvalue weighted by Gasteiger charge is -2.13. The molecule has 0 amide bonds. The summed E-state index contributed by atoms with van der Waals surface area (Å²) < 4.78 is 39.4. The van der Waals surface area contributed by atoms with Crippen LogP contribution in [0.15, 0.2) is 36.7 Å². The van der Waals surface area contributed by atoms with E-state index in [1.807, 2.05) is 17.7 Å². The zero-order valence-electron chi connectivity index (χ0n) is 11.6. The van der Waals surface area contributed by atoms with Gasteiger partial charge < -0.3 is 9.67 Å². The number of rotatable bonds is 5. The van der Waals surface area contributed by atoms with Crippen LogP contribution in [0.4, 0.5) is 13.2 Å². The monoisotopic (exact) mass is 298 g/mol. The lowest BCUT2D eigenvalue weighted by atomic mass is 10.0. The summed E-state index contributed by atoms with van der Waals surface area (Å²) in [5.74, 6) is 0.726. The Morgan fingerprint density at radius 3 is 2.48 bits per heavy atom. The van der Waals surface area contributed by atoms with Crippen molar-refractivity contribution in [3.8, 4) is 0 Å². The summed E-state index contributed by atoms with van der Waals surface area (Å²) >= 11 is 0. The van der Waals surface area contributed by atoms with Gasteiger partial charge in [0.15, 0.2) is 0 Å². The van der Waals surface area contributed by atoms with E-state index in [9.17, 15) is 18.3 Å². The maximum atomic E-state index is 12.5. The second-order valence-electron chi connectivity index (χ2n) is 4.88. The number of halogens is 3. The van der Waals surface area contributed by atoms with Crippen molar-refractivity contribution < 1.29 is 18.3 Å². The van der Waals surface area contributed by atoms with E-state index in [4.69, 9.17) is 0 Å². The van der Waals surface area contributed by atoms with Crippen molar-refractivity contribution in [3.63, 3.8) is 0 Å². The highest BCUT2D eigenvalue weighted by Crippen LogP contribution is 2.30. The van der Waals surface area contributed by atoms with Crippen molar-refractivity contribution in [1.29, 1.82) is 0 Å². The minimum Gasteiger partial charge on any atom is -0.388 e. The summed E-state index contributed by atoms with van der Waals surface area (Å²) in [5, 5.41) is 10.1. The molecule has 1 heterocycles.